The fourth-order valence-corrected chi connectivity index (χ4v) is 8.89. The van der Waals surface area contributed by atoms with Gasteiger partial charge in [-0.05, 0) is 57.4 Å². The number of benzene rings is 8. The van der Waals surface area contributed by atoms with Crippen LogP contribution in [-0.4, -0.2) is 19.9 Å². The van der Waals surface area contributed by atoms with Crippen molar-refractivity contribution in [2.45, 2.75) is 0 Å². The first kappa shape index (κ1) is 30.6. The molecule has 0 saturated carbocycles. The average Bonchev–Trinajstić information content (AvgIpc) is 3.86. The van der Waals surface area contributed by atoms with Gasteiger partial charge in [-0.3, -0.25) is 0 Å². The Morgan fingerprint density at radius 3 is 1.80 bits per heavy atom. The molecule has 6 heteroatoms. The van der Waals surface area contributed by atoms with Crippen molar-refractivity contribution in [2.24, 2.45) is 0 Å². The molecular formula is C48H28N4OS. The Balaban J connectivity index is 1.19. The van der Waals surface area contributed by atoms with E-state index in [0.717, 1.165) is 76.1 Å². The predicted octanol–water partition coefficient (Wildman–Crippen LogP) is 13.0. The summed E-state index contributed by atoms with van der Waals surface area (Å²) in [6.07, 6.45) is 0. The third-order valence-corrected chi connectivity index (χ3v) is 11.4. The molecule has 8 aromatic carbocycles. The normalized spacial score (nSPS) is 11.7. The summed E-state index contributed by atoms with van der Waals surface area (Å²) in [6, 6.07) is 58.6. The molecule has 0 atom stereocenters. The van der Waals surface area contributed by atoms with Crippen LogP contribution in [-0.2, 0) is 0 Å². The standard InChI is InChI=1S/C48H28N4OS/c1-3-15-29(16-4-1)45-50-46(52-47(51-45)39-27-31-19-7-8-20-32(31)33-21-9-10-22-34(33)39)36-24-12-11-23-35(36)38-28-40-43(53-48(49-40)30-17-5-2-6-18-30)42-37-25-13-14-26-41(37)54-44(38)42/h1-28H. The van der Waals surface area contributed by atoms with Crippen LogP contribution in [0, 0.1) is 0 Å². The lowest BCUT2D eigenvalue weighted by Gasteiger charge is -2.14. The highest BCUT2D eigenvalue weighted by molar-refractivity contribution is 7.26. The molecule has 0 saturated heterocycles. The summed E-state index contributed by atoms with van der Waals surface area (Å²) < 4.78 is 8.92. The number of fused-ring (bicyclic) bond motifs is 8. The second kappa shape index (κ2) is 12.3. The maximum absolute atomic E-state index is 6.60. The van der Waals surface area contributed by atoms with Gasteiger partial charge in [0.15, 0.2) is 23.1 Å². The van der Waals surface area contributed by atoms with Crippen LogP contribution in [0.15, 0.2) is 174 Å². The molecule has 0 bridgehead atoms. The number of thiophene rings is 1. The van der Waals surface area contributed by atoms with Crippen LogP contribution in [0.3, 0.4) is 0 Å². The van der Waals surface area contributed by atoms with Crippen LogP contribution in [0.1, 0.15) is 0 Å². The van der Waals surface area contributed by atoms with Crippen molar-refractivity contribution in [3.63, 3.8) is 0 Å². The van der Waals surface area contributed by atoms with Gasteiger partial charge in [-0.25, -0.2) is 19.9 Å². The summed E-state index contributed by atoms with van der Waals surface area (Å²) in [5.74, 6) is 2.45. The summed E-state index contributed by atoms with van der Waals surface area (Å²) in [4.78, 5) is 20.8. The molecule has 3 aromatic heterocycles. The summed E-state index contributed by atoms with van der Waals surface area (Å²) in [7, 11) is 0. The third-order valence-electron chi connectivity index (χ3n) is 10.2. The smallest absolute Gasteiger partial charge is 0.227 e. The van der Waals surface area contributed by atoms with Gasteiger partial charge in [-0.15, -0.1) is 11.3 Å². The van der Waals surface area contributed by atoms with Gasteiger partial charge in [-0.2, -0.15) is 0 Å². The van der Waals surface area contributed by atoms with E-state index in [1.54, 1.807) is 11.3 Å². The quantitative estimate of drug-likeness (QED) is 0.167. The summed E-state index contributed by atoms with van der Waals surface area (Å²) >= 11 is 1.77. The molecule has 0 aliphatic heterocycles. The number of aromatic nitrogens is 4. The van der Waals surface area contributed by atoms with Crippen molar-refractivity contribution in [1.29, 1.82) is 0 Å². The van der Waals surface area contributed by atoms with Crippen molar-refractivity contribution in [3.8, 4) is 56.7 Å². The van der Waals surface area contributed by atoms with Gasteiger partial charge in [-0.1, -0.05) is 140 Å². The molecule has 5 nitrogen and oxygen atoms in total. The second-order valence-electron chi connectivity index (χ2n) is 13.4. The third kappa shape index (κ3) is 4.92. The Morgan fingerprint density at radius 2 is 1.00 bits per heavy atom. The molecule has 0 radical (unpaired) electrons. The fraction of sp³-hybridized carbons (Fsp3) is 0. The van der Waals surface area contributed by atoms with Crippen LogP contribution >= 0.6 is 11.3 Å². The van der Waals surface area contributed by atoms with Gasteiger partial charge in [0.05, 0.1) is 0 Å². The van der Waals surface area contributed by atoms with Gasteiger partial charge >= 0.3 is 0 Å². The van der Waals surface area contributed by atoms with Gasteiger partial charge < -0.3 is 4.42 Å². The number of rotatable bonds is 5. The highest BCUT2D eigenvalue weighted by Gasteiger charge is 2.23. The fourth-order valence-electron chi connectivity index (χ4n) is 7.66. The lowest BCUT2D eigenvalue weighted by Crippen LogP contribution is -2.01. The van der Waals surface area contributed by atoms with Crippen molar-refractivity contribution < 1.29 is 4.42 Å². The minimum Gasteiger partial charge on any atom is -0.435 e. The molecule has 0 aliphatic rings. The molecule has 0 aliphatic carbocycles. The van der Waals surface area contributed by atoms with Gasteiger partial charge in [0.25, 0.3) is 0 Å². The average molecular weight is 709 g/mol. The van der Waals surface area contributed by atoms with E-state index >= 15 is 0 Å². The molecule has 11 aromatic rings. The van der Waals surface area contributed by atoms with Crippen molar-refractivity contribution in [1.82, 2.24) is 19.9 Å². The number of nitrogens with zero attached hydrogens (tertiary/aromatic N) is 4. The van der Waals surface area contributed by atoms with E-state index in [2.05, 4.69) is 121 Å². The molecule has 0 unspecified atom stereocenters. The maximum Gasteiger partial charge on any atom is 0.227 e. The van der Waals surface area contributed by atoms with Gasteiger partial charge in [0.1, 0.15) is 5.52 Å². The first-order valence-electron chi connectivity index (χ1n) is 17.9. The Morgan fingerprint density at radius 1 is 0.407 bits per heavy atom. The molecule has 0 spiro atoms. The molecule has 3 heterocycles. The lowest BCUT2D eigenvalue weighted by molar-refractivity contribution is 0.623. The Kier molecular flexibility index (Phi) is 6.97. The van der Waals surface area contributed by atoms with Crippen LogP contribution < -0.4 is 0 Å². The summed E-state index contributed by atoms with van der Waals surface area (Å²) in [5, 5.41) is 6.81. The second-order valence-corrected chi connectivity index (χ2v) is 14.4. The molecule has 54 heavy (non-hydrogen) atoms. The molecule has 0 N–H and O–H groups in total. The zero-order valence-electron chi connectivity index (χ0n) is 28.8. The Bertz CT molecular complexity index is 3220. The SMILES string of the molecule is c1ccc(-c2nc(-c3ccccc3-c3cc4nc(-c5ccccc5)oc4c4c3sc3ccccc34)nc(-c3cc4ccccc4c4ccccc34)n2)cc1. The lowest BCUT2D eigenvalue weighted by atomic mass is 9.96. The monoisotopic (exact) mass is 708 g/mol. The minimum atomic E-state index is 0.602. The van der Waals surface area contributed by atoms with Crippen LogP contribution in [0.5, 0.6) is 0 Å². The van der Waals surface area contributed by atoms with Crippen molar-refractivity contribution in [3.05, 3.63) is 170 Å². The van der Waals surface area contributed by atoms with E-state index in [1.165, 1.54) is 10.1 Å². The Hall–Kier alpha value is -7.02. The predicted molar refractivity (Wildman–Crippen MR) is 222 cm³/mol. The molecule has 0 fully saturated rings. The van der Waals surface area contributed by atoms with Crippen molar-refractivity contribution >= 4 is 64.2 Å². The zero-order valence-corrected chi connectivity index (χ0v) is 29.6. The molecule has 11 rings (SSSR count). The summed E-state index contributed by atoms with van der Waals surface area (Å²) in [5.41, 5.74) is 7.41. The van der Waals surface area contributed by atoms with E-state index in [1.807, 2.05) is 48.5 Å². The first-order chi connectivity index (χ1) is 26.8. The van der Waals surface area contributed by atoms with Gasteiger partial charge in [0, 0.05) is 48.0 Å². The van der Waals surface area contributed by atoms with Crippen LogP contribution in [0.25, 0.3) is 110 Å². The topological polar surface area (TPSA) is 64.7 Å². The Labute approximate surface area is 313 Å². The van der Waals surface area contributed by atoms with E-state index < -0.39 is 0 Å². The highest BCUT2D eigenvalue weighted by atomic mass is 32.1. The van der Waals surface area contributed by atoms with E-state index in [4.69, 9.17) is 24.4 Å². The largest absolute Gasteiger partial charge is 0.435 e. The van der Waals surface area contributed by atoms with Crippen molar-refractivity contribution in [2.75, 3.05) is 0 Å². The highest BCUT2D eigenvalue weighted by Crippen LogP contribution is 2.47. The summed E-state index contributed by atoms with van der Waals surface area (Å²) in [6.45, 7) is 0. The molecule has 252 valence electrons. The zero-order chi connectivity index (χ0) is 35.6. The van der Waals surface area contributed by atoms with Crippen LogP contribution in [0.2, 0.25) is 0 Å². The minimum absolute atomic E-state index is 0.602. The number of hydrogen-bond donors (Lipinski definition) is 0. The van der Waals surface area contributed by atoms with E-state index in [9.17, 15) is 0 Å². The van der Waals surface area contributed by atoms with Crippen LogP contribution in [0.4, 0.5) is 0 Å². The van der Waals surface area contributed by atoms with E-state index in [0.29, 0.717) is 23.4 Å². The molecule has 0 amide bonds. The molecular weight excluding hydrogens is 681 g/mol. The first-order valence-corrected chi connectivity index (χ1v) is 18.7. The number of oxazole rings is 1. The van der Waals surface area contributed by atoms with E-state index in [-0.39, 0.29) is 0 Å². The van der Waals surface area contributed by atoms with Gasteiger partial charge in [0.2, 0.25) is 5.89 Å². The number of hydrogen-bond acceptors (Lipinski definition) is 6. The maximum atomic E-state index is 6.60.